The second kappa shape index (κ2) is 9.70. The van der Waals surface area contributed by atoms with Crippen LogP contribution in [0.4, 0.5) is 5.69 Å². The van der Waals surface area contributed by atoms with E-state index in [9.17, 15) is 14.9 Å². The maximum Gasteiger partial charge on any atom is 0.338 e. The van der Waals surface area contributed by atoms with Crippen molar-refractivity contribution in [2.45, 2.75) is 52.1 Å². The number of nitro benzene ring substituents is 1. The Morgan fingerprint density at radius 2 is 1.58 bits per heavy atom. The molecule has 0 fully saturated rings. The van der Waals surface area contributed by atoms with Crippen molar-refractivity contribution in [1.29, 1.82) is 0 Å². The highest BCUT2D eigenvalue weighted by Gasteiger charge is 2.12. The number of carbonyl (C=O) groups is 1. The molecule has 1 atom stereocenters. The fraction of sp³-hybridized carbons (Fsp3) is 0.381. The Morgan fingerprint density at radius 1 is 1.00 bits per heavy atom. The first-order valence-electron chi connectivity index (χ1n) is 9.07. The van der Waals surface area contributed by atoms with Crippen molar-refractivity contribution in [2.24, 2.45) is 0 Å². The molecule has 0 bridgehead atoms. The third-order valence-corrected chi connectivity index (χ3v) is 4.30. The standard InChI is InChI=1S/C21H25NO4/c1-3-4-5-6-7-16(2)26-21(23)19-10-8-17(9-11-19)18-12-14-20(15-13-18)22(24)25/h8-16H,3-7H2,1-2H3/t16-/m0/s1. The predicted molar refractivity (Wildman–Crippen MR) is 102 cm³/mol. The summed E-state index contributed by atoms with van der Waals surface area (Å²) in [6.45, 7) is 4.10. The van der Waals surface area contributed by atoms with Gasteiger partial charge in [-0.2, -0.15) is 0 Å². The molecule has 26 heavy (non-hydrogen) atoms. The highest BCUT2D eigenvalue weighted by molar-refractivity contribution is 5.90. The van der Waals surface area contributed by atoms with Gasteiger partial charge in [0, 0.05) is 12.1 Å². The predicted octanol–water partition coefficient (Wildman–Crippen LogP) is 5.78. The van der Waals surface area contributed by atoms with Gasteiger partial charge in [0.25, 0.3) is 5.69 Å². The van der Waals surface area contributed by atoms with Crippen molar-refractivity contribution >= 4 is 11.7 Å². The van der Waals surface area contributed by atoms with Crippen LogP contribution in [0.2, 0.25) is 0 Å². The quantitative estimate of drug-likeness (QED) is 0.247. The first-order valence-corrected chi connectivity index (χ1v) is 9.07. The summed E-state index contributed by atoms with van der Waals surface area (Å²) in [7, 11) is 0. The number of benzene rings is 2. The second-order valence-corrected chi connectivity index (χ2v) is 6.45. The summed E-state index contributed by atoms with van der Waals surface area (Å²) in [4.78, 5) is 22.5. The Balaban J connectivity index is 1.93. The Bertz CT molecular complexity index is 723. The van der Waals surface area contributed by atoms with E-state index in [1.54, 1.807) is 24.3 Å². The molecule has 0 aliphatic heterocycles. The number of non-ortho nitro benzene ring substituents is 1. The van der Waals surface area contributed by atoms with Gasteiger partial charge in [-0.1, -0.05) is 38.3 Å². The van der Waals surface area contributed by atoms with E-state index in [-0.39, 0.29) is 17.8 Å². The molecular formula is C21H25NO4. The minimum absolute atomic E-state index is 0.0573. The monoisotopic (exact) mass is 355 g/mol. The van der Waals surface area contributed by atoms with Crippen LogP contribution in [-0.2, 0) is 4.74 Å². The molecular weight excluding hydrogens is 330 g/mol. The molecule has 0 radical (unpaired) electrons. The van der Waals surface area contributed by atoms with Gasteiger partial charge in [-0.05, 0) is 55.2 Å². The summed E-state index contributed by atoms with van der Waals surface area (Å²) in [5.41, 5.74) is 2.32. The Labute approximate surface area is 154 Å². The van der Waals surface area contributed by atoms with Crippen molar-refractivity contribution in [3.63, 3.8) is 0 Å². The van der Waals surface area contributed by atoms with Gasteiger partial charge in [0.2, 0.25) is 0 Å². The number of nitro groups is 1. The molecule has 5 nitrogen and oxygen atoms in total. The van der Waals surface area contributed by atoms with Crippen molar-refractivity contribution < 1.29 is 14.5 Å². The van der Waals surface area contributed by atoms with Gasteiger partial charge in [0.1, 0.15) is 0 Å². The van der Waals surface area contributed by atoms with Crippen LogP contribution in [0.5, 0.6) is 0 Å². The number of hydrogen-bond acceptors (Lipinski definition) is 4. The number of rotatable bonds is 9. The number of nitrogens with zero attached hydrogens (tertiary/aromatic N) is 1. The van der Waals surface area contributed by atoms with Gasteiger partial charge in [0.15, 0.2) is 0 Å². The number of hydrogen-bond donors (Lipinski definition) is 0. The third kappa shape index (κ3) is 5.69. The van der Waals surface area contributed by atoms with E-state index in [0.717, 1.165) is 24.0 Å². The Kier molecular flexibility index (Phi) is 7.33. The fourth-order valence-corrected chi connectivity index (χ4v) is 2.74. The molecule has 5 heteroatoms. The van der Waals surface area contributed by atoms with Crippen LogP contribution in [0, 0.1) is 10.1 Å². The fourth-order valence-electron chi connectivity index (χ4n) is 2.74. The maximum atomic E-state index is 12.2. The van der Waals surface area contributed by atoms with Crippen LogP contribution in [0.15, 0.2) is 48.5 Å². The zero-order valence-electron chi connectivity index (χ0n) is 15.3. The normalized spacial score (nSPS) is 11.8. The lowest BCUT2D eigenvalue weighted by Gasteiger charge is -2.13. The number of esters is 1. The third-order valence-electron chi connectivity index (χ3n) is 4.30. The van der Waals surface area contributed by atoms with Gasteiger partial charge in [-0.3, -0.25) is 10.1 Å². The zero-order valence-corrected chi connectivity index (χ0v) is 15.3. The molecule has 0 aromatic heterocycles. The zero-order chi connectivity index (χ0) is 18.9. The average molecular weight is 355 g/mol. The van der Waals surface area contributed by atoms with Gasteiger partial charge >= 0.3 is 5.97 Å². The summed E-state index contributed by atoms with van der Waals surface area (Å²) < 4.78 is 5.49. The smallest absolute Gasteiger partial charge is 0.338 e. The van der Waals surface area contributed by atoms with Crippen molar-refractivity contribution in [3.8, 4) is 11.1 Å². The van der Waals surface area contributed by atoms with E-state index in [1.807, 2.05) is 19.1 Å². The lowest BCUT2D eigenvalue weighted by atomic mass is 10.0. The summed E-state index contributed by atoms with van der Waals surface area (Å²) in [5, 5.41) is 10.7. The molecule has 0 spiro atoms. The average Bonchev–Trinajstić information content (AvgIpc) is 2.65. The second-order valence-electron chi connectivity index (χ2n) is 6.45. The lowest BCUT2D eigenvalue weighted by Crippen LogP contribution is -2.15. The summed E-state index contributed by atoms with van der Waals surface area (Å²) in [5.74, 6) is -0.316. The number of unbranched alkanes of at least 4 members (excludes halogenated alkanes) is 3. The summed E-state index contributed by atoms with van der Waals surface area (Å²) in [6, 6.07) is 13.4. The van der Waals surface area contributed by atoms with E-state index in [0.29, 0.717) is 5.56 Å². The van der Waals surface area contributed by atoms with Crippen LogP contribution in [0.1, 0.15) is 56.3 Å². The molecule has 138 valence electrons. The van der Waals surface area contributed by atoms with Crippen LogP contribution in [0.25, 0.3) is 11.1 Å². The topological polar surface area (TPSA) is 69.4 Å². The van der Waals surface area contributed by atoms with Crippen molar-refractivity contribution in [3.05, 3.63) is 64.2 Å². The molecule has 0 amide bonds. The molecule has 0 saturated carbocycles. The van der Waals surface area contributed by atoms with Crippen molar-refractivity contribution in [2.75, 3.05) is 0 Å². The molecule has 0 N–H and O–H groups in total. The van der Waals surface area contributed by atoms with Gasteiger partial charge < -0.3 is 4.74 Å². The lowest BCUT2D eigenvalue weighted by molar-refractivity contribution is -0.384. The highest BCUT2D eigenvalue weighted by Crippen LogP contribution is 2.23. The molecule has 2 aromatic carbocycles. The van der Waals surface area contributed by atoms with Crippen molar-refractivity contribution in [1.82, 2.24) is 0 Å². The Morgan fingerprint density at radius 3 is 2.12 bits per heavy atom. The summed E-state index contributed by atoms with van der Waals surface area (Å²) >= 11 is 0. The molecule has 2 rings (SSSR count). The molecule has 0 unspecified atom stereocenters. The van der Waals surface area contributed by atoms with Gasteiger partial charge in [-0.15, -0.1) is 0 Å². The number of ether oxygens (including phenoxy) is 1. The molecule has 0 saturated heterocycles. The summed E-state index contributed by atoms with van der Waals surface area (Å²) in [6.07, 6.45) is 5.44. The molecule has 0 aliphatic carbocycles. The van der Waals surface area contributed by atoms with Gasteiger partial charge in [-0.25, -0.2) is 4.79 Å². The van der Waals surface area contributed by atoms with E-state index >= 15 is 0 Å². The largest absolute Gasteiger partial charge is 0.459 e. The minimum Gasteiger partial charge on any atom is -0.459 e. The van der Waals surface area contributed by atoms with Crippen LogP contribution >= 0.6 is 0 Å². The number of carbonyl (C=O) groups excluding carboxylic acids is 1. The molecule has 2 aromatic rings. The minimum atomic E-state index is -0.424. The van der Waals surface area contributed by atoms with Crippen LogP contribution < -0.4 is 0 Å². The van der Waals surface area contributed by atoms with Gasteiger partial charge in [0.05, 0.1) is 16.6 Å². The van der Waals surface area contributed by atoms with E-state index in [2.05, 4.69) is 6.92 Å². The maximum absolute atomic E-state index is 12.2. The molecule has 0 heterocycles. The van der Waals surface area contributed by atoms with E-state index < -0.39 is 4.92 Å². The van der Waals surface area contributed by atoms with Crippen LogP contribution in [0.3, 0.4) is 0 Å². The Hall–Kier alpha value is -2.69. The first kappa shape index (κ1) is 19.6. The van der Waals surface area contributed by atoms with Crippen LogP contribution in [-0.4, -0.2) is 17.0 Å². The highest BCUT2D eigenvalue weighted by atomic mass is 16.6. The SMILES string of the molecule is CCCCCC[C@H](C)OC(=O)c1ccc(-c2ccc([N+](=O)[O-])cc2)cc1. The molecule has 0 aliphatic rings. The van der Waals surface area contributed by atoms with E-state index in [1.165, 1.54) is 31.4 Å². The van der Waals surface area contributed by atoms with E-state index in [4.69, 9.17) is 4.74 Å². The first-order chi connectivity index (χ1) is 12.5.